The van der Waals surface area contributed by atoms with Gasteiger partial charge in [-0.05, 0) is 35.6 Å². The van der Waals surface area contributed by atoms with E-state index in [2.05, 4.69) is 5.32 Å². The highest BCUT2D eigenvalue weighted by atomic mass is 32.1. The molecule has 0 radical (unpaired) electrons. The van der Waals surface area contributed by atoms with Gasteiger partial charge in [0.05, 0.1) is 7.11 Å². The Hall–Kier alpha value is -2.60. The number of esters is 1. The third kappa shape index (κ3) is 5.89. The van der Waals surface area contributed by atoms with Crippen molar-refractivity contribution in [1.82, 2.24) is 5.32 Å². The van der Waals surface area contributed by atoms with Crippen LogP contribution < -0.4 is 10.1 Å². The van der Waals surface area contributed by atoms with Crippen LogP contribution in [0.1, 0.15) is 10.4 Å². The van der Waals surface area contributed by atoms with Crippen LogP contribution in [0.4, 0.5) is 0 Å². The van der Waals surface area contributed by atoms with Gasteiger partial charge in [-0.2, -0.15) is 0 Å². The van der Waals surface area contributed by atoms with Gasteiger partial charge in [-0.25, -0.2) is 4.79 Å². The predicted molar refractivity (Wildman–Crippen MR) is 94.0 cm³/mol. The maximum Gasteiger partial charge on any atom is 0.331 e. The number of benzene rings is 1. The Labute approximate surface area is 144 Å². The molecule has 0 aliphatic carbocycles. The third-order valence-corrected chi connectivity index (χ3v) is 4.02. The van der Waals surface area contributed by atoms with Crippen LogP contribution in [0.15, 0.2) is 47.9 Å². The van der Waals surface area contributed by atoms with E-state index in [-0.39, 0.29) is 12.5 Å². The number of carbonyl (C=O) groups excluding carboxylic acids is 2. The Morgan fingerprint density at radius 1 is 1.21 bits per heavy atom. The molecule has 5 nitrogen and oxygen atoms in total. The lowest BCUT2D eigenvalue weighted by Crippen LogP contribution is -2.30. The Morgan fingerprint density at radius 2 is 2.04 bits per heavy atom. The molecule has 126 valence electrons. The topological polar surface area (TPSA) is 64.6 Å². The Bertz CT molecular complexity index is 695. The van der Waals surface area contributed by atoms with Gasteiger partial charge in [0.2, 0.25) is 0 Å². The number of ether oxygens (including phenoxy) is 2. The summed E-state index contributed by atoms with van der Waals surface area (Å²) in [6.07, 6.45) is 3.61. The number of hydrogen-bond donors (Lipinski definition) is 1. The summed E-state index contributed by atoms with van der Waals surface area (Å²) in [4.78, 5) is 24.2. The first-order valence-corrected chi connectivity index (χ1v) is 8.34. The molecule has 0 aliphatic rings. The second kappa shape index (κ2) is 9.52. The van der Waals surface area contributed by atoms with Gasteiger partial charge in [0.25, 0.3) is 5.91 Å². The van der Waals surface area contributed by atoms with Crippen molar-refractivity contribution >= 4 is 29.3 Å². The highest BCUT2D eigenvalue weighted by Gasteiger charge is 2.06. The normalized spacial score (nSPS) is 10.5. The number of amides is 1. The molecule has 0 saturated carbocycles. The molecule has 6 heteroatoms. The molecule has 1 aromatic carbocycles. The molecule has 2 rings (SSSR count). The van der Waals surface area contributed by atoms with E-state index in [4.69, 9.17) is 9.47 Å². The first kappa shape index (κ1) is 17.7. The van der Waals surface area contributed by atoms with Crippen LogP contribution in [0.3, 0.4) is 0 Å². The second-order valence-corrected chi connectivity index (χ2v) is 5.85. The van der Waals surface area contributed by atoms with Gasteiger partial charge >= 0.3 is 5.97 Å². The molecule has 0 spiro atoms. The minimum atomic E-state index is -0.539. The Balaban J connectivity index is 1.67. The van der Waals surface area contributed by atoms with Crippen molar-refractivity contribution in [3.63, 3.8) is 0 Å². The van der Waals surface area contributed by atoms with Crippen LogP contribution in [0.2, 0.25) is 0 Å². The lowest BCUT2D eigenvalue weighted by atomic mass is 10.1. The molecular weight excluding hydrogens is 326 g/mol. The van der Waals surface area contributed by atoms with E-state index < -0.39 is 5.97 Å². The molecule has 1 aromatic heterocycles. The average molecular weight is 345 g/mol. The first-order valence-electron chi connectivity index (χ1n) is 7.46. The molecule has 1 N–H and O–H groups in total. The summed E-state index contributed by atoms with van der Waals surface area (Å²) < 4.78 is 10.1. The average Bonchev–Trinajstić information content (AvgIpc) is 3.12. The predicted octanol–water partition coefficient (Wildman–Crippen LogP) is 2.67. The molecule has 0 aliphatic heterocycles. The van der Waals surface area contributed by atoms with Crippen molar-refractivity contribution < 1.29 is 19.1 Å². The van der Waals surface area contributed by atoms with Crippen LogP contribution >= 0.6 is 11.3 Å². The van der Waals surface area contributed by atoms with Crippen molar-refractivity contribution in [3.8, 4) is 5.75 Å². The third-order valence-electron chi connectivity index (χ3n) is 3.18. The summed E-state index contributed by atoms with van der Waals surface area (Å²) in [6, 6.07) is 11.4. The molecule has 2 aromatic rings. The number of carbonyl (C=O) groups is 2. The van der Waals surface area contributed by atoms with E-state index in [1.165, 1.54) is 17.4 Å². The first-order chi connectivity index (χ1) is 11.7. The fourth-order valence-corrected chi connectivity index (χ4v) is 2.64. The maximum atomic E-state index is 11.7. The Kier molecular flexibility index (Phi) is 7.04. The number of hydrogen-bond acceptors (Lipinski definition) is 5. The van der Waals surface area contributed by atoms with E-state index in [1.54, 1.807) is 13.2 Å². The van der Waals surface area contributed by atoms with Crippen molar-refractivity contribution in [3.05, 3.63) is 58.3 Å². The van der Waals surface area contributed by atoms with Crippen LogP contribution in [-0.2, 0) is 20.7 Å². The highest BCUT2D eigenvalue weighted by Crippen LogP contribution is 2.17. The van der Waals surface area contributed by atoms with Crippen molar-refractivity contribution in [1.29, 1.82) is 0 Å². The minimum Gasteiger partial charge on any atom is -0.496 e. The molecule has 1 heterocycles. The number of thiophene rings is 1. The molecule has 0 fully saturated rings. The summed E-state index contributed by atoms with van der Waals surface area (Å²) >= 11 is 1.52. The largest absolute Gasteiger partial charge is 0.496 e. The summed E-state index contributed by atoms with van der Waals surface area (Å²) in [6.45, 7) is 0.154. The number of para-hydroxylation sites is 1. The van der Waals surface area contributed by atoms with Gasteiger partial charge in [0, 0.05) is 17.5 Å². The molecule has 0 bridgehead atoms. The van der Waals surface area contributed by atoms with Crippen molar-refractivity contribution in [2.75, 3.05) is 20.3 Å². The van der Waals surface area contributed by atoms with Crippen molar-refractivity contribution in [2.45, 2.75) is 6.42 Å². The molecule has 24 heavy (non-hydrogen) atoms. The number of rotatable bonds is 8. The summed E-state index contributed by atoms with van der Waals surface area (Å²) in [5.74, 6) is -0.0806. The maximum absolute atomic E-state index is 11.7. The molecule has 0 unspecified atom stereocenters. The van der Waals surface area contributed by atoms with Gasteiger partial charge in [0.15, 0.2) is 6.61 Å². The van der Waals surface area contributed by atoms with Crippen LogP contribution in [0, 0.1) is 0 Å². The highest BCUT2D eigenvalue weighted by molar-refractivity contribution is 7.10. The van der Waals surface area contributed by atoms with Crippen LogP contribution in [0.5, 0.6) is 5.75 Å². The summed E-state index contributed by atoms with van der Waals surface area (Å²) in [5.41, 5.74) is 1.01. The molecule has 0 atom stereocenters. The van der Waals surface area contributed by atoms with Gasteiger partial charge in [-0.1, -0.05) is 24.3 Å². The molecule has 0 saturated heterocycles. The zero-order valence-electron chi connectivity index (χ0n) is 13.4. The van der Waals surface area contributed by atoms with E-state index in [0.717, 1.165) is 16.2 Å². The van der Waals surface area contributed by atoms with Gasteiger partial charge in [-0.15, -0.1) is 11.3 Å². The minimum absolute atomic E-state index is 0.292. The van der Waals surface area contributed by atoms with Crippen molar-refractivity contribution in [2.24, 2.45) is 0 Å². The molecule has 1 amide bonds. The number of nitrogens with one attached hydrogen (secondary N) is 1. The number of methoxy groups -OCH3 is 1. The zero-order chi connectivity index (χ0) is 17.2. The van der Waals surface area contributed by atoms with Gasteiger partial charge in [-0.3, -0.25) is 4.79 Å². The monoisotopic (exact) mass is 345 g/mol. The van der Waals surface area contributed by atoms with Gasteiger partial charge in [0.1, 0.15) is 5.75 Å². The second-order valence-electron chi connectivity index (χ2n) is 4.87. The van der Waals surface area contributed by atoms with E-state index in [1.807, 2.05) is 41.8 Å². The quantitative estimate of drug-likeness (QED) is 0.590. The standard InChI is InChI=1S/C18H19NO4S/c1-22-16-7-3-2-5-14(16)10-11-19-17(20)13-23-18(21)9-8-15-6-4-12-24-15/h2-9,12H,10-11,13H2,1H3,(H,19,20)/b9-8+. The van der Waals surface area contributed by atoms with Gasteiger partial charge < -0.3 is 14.8 Å². The van der Waals surface area contributed by atoms with E-state index in [9.17, 15) is 9.59 Å². The lowest BCUT2D eigenvalue weighted by molar-refractivity contribution is -0.143. The fraction of sp³-hybridized carbons (Fsp3) is 0.222. The summed E-state index contributed by atoms with van der Waals surface area (Å²) in [5, 5.41) is 4.63. The fourth-order valence-electron chi connectivity index (χ4n) is 2.02. The molecular formula is C18H19NO4S. The Morgan fingerprint density at radius 3 is 2.79 bits per heavy atom. The van der Waals surface area contributed by atoms with E-state index >= 15 is 0 Å². The van der Waals surface area contributed by atoms with E-state index in [0.29, 0.717) is 13.0 Å². The SMILES string of the molecule is COc1ccccc1CCNC(=O)COC(=O)/C=C/c1cccs1. The zero-order valence-corrected chi connectivity index (χ0v) is 14.2. The lowest BCUT2D eigenvalue weighted by Gasteiger charge is -2.09. The summed E-state index contributed by atoms with van der Waals surface area (Å²) in [7, 11) is 1.61. The van der Waals surface area contributed by atoms with Crippen LogP contribution in [0.25, 0.3) is 6.08 Å². The smallest absolute Gasteiger partial charge is 0.331 e. The van der Waals surface area contributed by atoms with Crippen LogP contribution in [-0.4, -0.2) is 32.1 Å².